The monoisotopic (exact) mass is 298 g/mol. The Labute approximate surface area is 128 Å². The molecule has 2 heterocycles. The zero-order valence-electron chi connectivity index (χ0n) is 11.7. The molecule has 0 saturated heterocycles. The van der Waals surface area contributed by atoms with Gasteiger partial charge in [0.15, 0.2) is 0 Å². The van der Waals surface area contributed by atoms with Crippen molar-refractivity contribution in [3.63, 3.8) is 0 Å². The first-order valence-electron chi connectivity index (χ1n) is 6.76. The number of pyridine rings is 1. The van der Waals surface area contributed by atoms with Gasteiger partial charge in [-0.2, -0.15) is 0 Å². The van der Waals surface area contributed by atoms with Crippen molar-refractivity contribution in [3.8, 4) is 0 Å². The van der Waals surface area contributed by atoms with Crippen molar-refractivity contribution in [2.24, 2.45) is 0 Å². The Kier molecular flexibility index (Phi) is 3.97. The lowest BCUT2D eigenvalue weighted by Gasteiger charge is -2.17. The van der Waals surface area contributed by atoms with Crippen LogP contribution in [0.1, 0.15) is 5.69 Å². The van der Waals surface area contributed by atoms with Gasteiger partial charge in [0, 0.05) is 36.9 Å². The van der Waals surface area contributed by atoms with Gasteiger partial charge in [-0.3, -0.25) is 9.97 Å². The standard InChI is InChI=1S/C16H15ClN4/c1-21(9-7-13-4-2-3-8-18-13)16-11-19-15-10-12(17)5-6-14(15)20-16/h2-6,8,10-11H,7,9H2,1H3. The molecular formula is C16H15ClN4. The summed E-state index contributed by atoms with van der Waals surface area (Å²) in [6, 6.07) is 11.5. The number of fused-ring (bicyclic) bond motifs is 1. The van der Waals surface area contributed by atoms with Gasteiger partial charge < -0.3 is 4.90 Å². The number of rotatable bonds is 4. The minimum absolute atomic E-state index is 0.674. The van der Waals surface area contributed by atoms with Crippen molar-refractivity contribution in [3.05, 3.63) is 59.5 Å². The lowest BCUT2D eigenvalue weighted by atomic mass is 10.2. The van der Waals surface area contributed by atoms with E-state index in [1.54, 1.807) is 6.20 Å². The van der Waals surface area contributed by atoms with Crippen LogP contribution in [0.3, 0.4) is 0 Å². The van der Waals surface area contributed by atoms with E-state index >= 15 is 0 Å². The van der Waals surface area contributed by atoms with E-state index in [0.29, 0.717) is 5.02 Å². The number of hydrogen-bond donors (Lipinski definition) is 0. The van der Waals surface area contributed by atoms with E-state index in [9.17, 15) is 0 Å². The lowest BCUT2D eigenvalue weighted by Crippen LogP contribution is -2.21. The van der Waals surface area contributed by atoms with Gasteiger partial charge in [0.2, 0.25) is 0 Å². The molecule has 0 aliphatic heterocycles. The van der Waals surface area contributed by atoms with Gasteiger partial charge >= 0.3 is 0 Å². The fourth-order valence-electron chi connectivity index (χ4n) is 2.10. The molecule has 3 aromatic rings. The first kappa shape index (κ1) is 13.8. The van der Waals surface area contributed by atoms with Crippen LogP contribution in [0, 0.1) is 0 Å². The summed E-state index contributed by atoms with van der Waals surface area (Å²) in [6.45, 7) is 0.838. The molecule has 0 saturated carbocycles. The SMILES string of the molecule is CN(CCc1ccccn1)c1cnc2cc(Cl)ccc2n1. The van der Waals surface area contributed by atoms with Gasteiger partial charge in [-0.1, -0.05) is 17.7 Å². The van der Waals surface area contributed by atoms with E-state index in [4.69, 9.17) is 11.6 Å². The van der Waals surface area contributed by atoms with Crippen LogP contribution in [0.5, 0.6) is 0 Å². The number of hydrogen-bond acceptors (Lipinski definition) is 4. The second-order valence-corrected chi connectivity index (χ2v) is 5.29. The highest BCUT2D eigenvalue weighted by atomic mass is 35.5. The van der Waals surface area contributed by atoms with Gasteiger partial charge in [0.25, 0.3) is 0 Å². The lowest BCUT2D eigenvalue weighted by molar-refractivity contribution is 0.839. The second-order valence-electron chi connectivity index (χ2n) is 4.85. The van der Waals surface area contributed by atoms with Crippen molar-refractivity contribution in [2.75, 3.05) is 18.5 Å². The van der Waals surface area contributed by atoms with Crippen LogP contribution in [0.2, 0.25) is 5.02 Å². The van der Waals surface area contributed by atoms with E-state index in [1.807, 2.05) is 49.6 Å². The molecule has 2 aromatic heterocycles. The highest BCUT2D eigenvalue weighted by Crippen LogP contribution is 2.18. The van der Waals surface area contributed by atoms with Crippen LogP contribution >= 0.6 is 11.6 Å². The van der Waals surface area contributed by atoms with Gasteiger partial charge in [0.05, 0.1) is 17.2 Å². The fourth-order valence-corrected chi connectivity index (χ4v) is 2.27. The summed E-state index contributed by atoms with van der Waals surface area (Å²) in [6.07, 6.45) is 4.46. The van der Waals surface area contributed by atoms with Gasteiger partial charge in [0.1, 0.15) is 5.82 Å². The van der Waals surface area contributed by atoms with Crippen molar-refractivity contribution in [2.45, 2.75) is 6.42 Å². The largest absolute Gasteiger partial charge is 0.358 e. The Bertz CT molecular complexity index is 746. The zero-order chi connectivity index (χ0) is 14.7. The summed E-state index contributed by atoms with van der Waals surface area (Å²) >= 11 is 5.95. The van der Waals surface area contributed by atoms with E-state index in [1.165, 1.54) is 0 Å². The molecular weight excluding hydrogens is 284 g/mol. The smallest absolute Gasteiger partial charge is 0.147 e. The van der Waals surface area contributed by atoms with Crippen molar-refractivity contribution in [1.29, 1.82) is 0 Å². The molecule has 0 unspecified atom stereocenters. The van der Waals surface area contributed by atoms with Crippen LogP contribution < -0.4 is 4.90 Å². The maximum absolute atomic E-state index is 5.95. The molecule has 0 atom stereocenters. The van der Waals surface area contributed by atoms with Crippen LogP contribution in [0.25, 0.3) is 11.0 Å². The van der Waals surface area contributed by atoms with Gasteiger partial charge in [-0.25, -0.2) is 4.98 Å². The van der Waals surface area contributed by atoms with Crippen molar-refractivity contribution >= 4 is 28.5 Å². The van der Waals surface area contributed by atoms with E-state index < -0.39 is 0 Å². The number of halogens is 1. The molecule has 4 nitrogen and oxygen atoms in total. The summed E-state index contributed by atoms with van der Waals surface area (Å²) in [5.74, 6) is 0.848. The molecule has 3 rings (SSSR count). The van der Waals surface area contributed by atoms with Crippen LogP contribution in [0.4, 0.5) is 5.82 Å². The number of anilines is 1. The highest BCUT2D eigenvalue weighted by molar-refractivity contribution is 6.31. The summed E-state index contributed by atoms with van der Waals surface area (Å²) < 4.78 is 0. The third-order valence-corrected chi connectivity index (χ3v) is 3.55. The normalized spacial score (nSPS) is 10.8. The molecule has 1 aromatic carbocycles. The summed E-state index contributed by atoms with van der Waals surface area (Å²) in [7, 11) is 2.01. The Balaban J connectivity index is 1.75. The Morgan fingerprint density at radius 2 is 2.00 bits per heavy atom. The molecule has 0 aliphatic rings. The molecule has 0 bridgehead atoms. The second kappa shape index (κ2) is 6.06. The van der Waals surface area contributed by atoms with E-state index in [0.717, 1.165) is 35.5 Å². The fraction of sp³-hybridized carbons (Fsp3) is 0.188. The Morgan fingerprint density at radius 1 is 1.10 bits per heavy atom. The molecule has 0 spiro atoms. The summed E-state index contributed by atoms with van der Waals surface area (Å²) in [4.78, 5) is 15.4. The van der Waals surface area contributed by atoms with E-state index in [-0.39, 0.29) is 0 Å². The molecule has 0 N–H and O–H groups in total. The third kappa shape index (κ3) is 3.28. The van der Waals surface area contributed by atoms with Crippen molar-refractivity contribution < 1.29 is 0 Å². The van der Waals surface area contributed by atoms with Gasteiger partial charge in [-0.05, 0) is 30.3 Å². The van der Waals surface area contributed by atoms with Crippen molar-refractivity contribution in [1.82, 2.24) is 15.0 Å². The third-order valence-electron chi connectivity index (χ3n) is 3.31. The van der Waals surface area contributed by atoms with Gasteiger partial charge in [-0.15, -0.1) is 0 Å². The number of aromatic nitrogens is 3. The molecule has 21 heavy (non-hydrogen) atoms. The average molecular weight is 299 g/mol. The maximum Gasteiger partial charge on any atom is 0.147 e. The molecule has 106 valence electrons. The van der Waals surface area contributed by atoms with Crippen LogP contribution in [-0.4, -0.2) is 28.5 Å². The minimum Gasteiger partial charge on any atom is -0.358 e. The Hall–Kier alpha value is -2.20. The predicted octanol–water partition coefficient (Wildman–Crippen LogP) is 3.36. The topological polar surface area (TPSA) is 41.9 Å². The number of benzene rings is 1. The molecule has 0 amide bonds. The molecule has 5 heteroatoms. The van der Waals surface area contributed by atoms with Crippen LogP contribution in [0.15, 0.2) is 48.8 Å². The minimum atomic E-state index is 0.674. The highest BCUT2D eigenvalue weighted by Gasteiger charge is 2.06. The average Bonchev–Trinajstić information content (AvgIpc) is 2.53. The first-order chi connectivity index (χ1) is 10.2. The van der Waals surface area contributed by atoms with E-state index in [2.05, 4.69) is 19.9 Å². The summed E-state index contributed by atoms with van der Waals surface area (Å²) in [5, 5.41) is 0.674. The predicted molar refractivity (Wildman–Crippen MR) is 85.8 cm³/mol. The Morgan fingerprint density at radius 3 is 2.81 bits per heavy atom. The number of likely N-dealkylation sites (N-methyl/N-ethyl adjacent to an activating group) is 1. The zero-order valence-corrected chi connectivity index (χ0v) is 12.5. The molecule has 0 aliphatic carbocycles. The van der Waals surface area contributed by atoms with Crippen LogP contribution in [-0.2, 0) is 6.42 Å². The quantitative estimate of drug-likeness (QED) is 0.741. The molecule has 0 fully saturated rings. The first-order valence-corrected chi connectivity index (χ1v) is 7.13. The molecule has 0 radical (unpaired) electrons. The maximum atomic E-state index is 5.95. The summed E-state index contributed by atoms with van der Waals surface area (Å²) in [5.41, 5.74) is 2.73. The number of nitrogens with zero attached hydrogens (tertiary/aromatic N) is 4.